The highest BCUT2D eigenvalue weighted by molar-refractivity contribution is 9.10. The Labute approximate surface area is 114 Å². The molecule has 0 unspecified atom stereocenters. The monoisotopic (exact) mass is 314 g/mol. The largest absolute Gasteiger partial charge is 0.352 e. The number of nitriles is 1. The zero-order valence-corrected chi connectivity index (χ0v) is 11.5. The summed E-state index contributed by atoms with van der Waals surface area (Å²) in [5, 5.41) is 11.6. The van der Waals surface area contributed by atoms with Crippen molar-refractivity contribution in [2.75, 3.05) is 6.54 Å². The Balaban J connectivity index is 2.47. The van der Waals surface area contributed by atoms with E-state index < -0.39 is 0 Å². The molecule has 0 atom stereocenters. The summed E-state index contributed by atoms with van der Waals surface area (Å²) in [5.74, 6) is -0.187. The highest BCUT2D eigenvalue weighted by Crippen LogP contribution is 2.20. The predicted octanol–water partition coefficient (Wildman–Crippen LogP) is 3.53. The first-order chi connectivity index (χ1) is 8.15. The van der Waals surface area contributed by atoms with Gasteiger partial charge in [-0.15, -0.1) is 0 Å². The lowest BCUT2D eigenvalue weighted by Gasteiger charge is -2.06. The number of nitrogens with one attached hydrogen (secondary N) is 1. The van der Waals surface area contributed by atoms with Crippen LogP contribution in [0, 0.1) is 11.3 Å². The Morgan fingerprint density at radius 2 is 2.24 bits per heavy atom. The van der Waals surface area contributed by atoms with Crippen LogP contribution in [0.5, 0.6) is 0 Å². The standard InChI is InChI=1S/C12H12BrClN2O/c13-9-4-5-11(14)10(8-9)12(17)16-7-3-1-2-6-15/h4-5,8H,1-3,7H2,(H,16,17). The van der Waals surface area contributed by atoms with Crippen molar-refractivity contribution in [3.05, 3.63) is 33.3 Å². The molecule has 0 aliphatic carbocycles. The Bertz CT molecular complexity index is 443. The molecule has 0 saturated carbocycles. The molecule has 0 saturated heterocycles. The van der Waals surface area contributed by atoms with Crippen molar-refractivity contribution in [3.63, 3.8) is 0 Å². The van der Waals surface area contributed by atoms with E-state index in [0.29, 0.717) is 23.6 Å². The Kier molecular flexibility index (Phi) is 6.03. The fraction of sp³-hybridized carbons (Fsp3) is 0.333. The summed E-state index contributed by atoms with van der Waals surface area (Å²) in [5.41, 5.74) is 0.460. The summed E-state index contributed by atoms with van der Waals surface area (Å²) in [7, 11) is 0. The van der Waals surface area contributed by atoms with E-state index in [1.807, 2.05) is 0 Å². The van der Waals surface area contributed by atoms with Crippen LogP contribution in [-0.4, -0.2) is 12.5 Å². The first kappa shape index (κ1) is 14.0. The molecule has 0 fully saturated rings. The second kappa shape index (κ2) is 7.31. The van der Waals surface area contributed by atoms with Crippen molar-refractivity contribution in [2.24, 2.45) is 0 Å². The van der Waals surface area contributed by atoms with Gasteiger partial charge in [0.2, 0.25) is 0 Å². The van der Waals surface area contributed by atoms with Gasteiger partial charge in [0.15, 0.2) is 0 Å². The minimum Gasteiger partial charge on any atom is -0.352 e. The molecular weight excluding hydrogens is 304 g/mol. The molecule has 17 heavy (non-hydrogen) atoms. The molecule has 0 radical (unpaired) electrons. The van der Waals surface area contributed by atoms with Gasteiger partial charge in [0.25, 0.3) is 5.91 Å². The predicted molar refractivity (Wildman–Crippen MR) is 70.9 cm³/mol. The summed E-state index contributed by atoms with van der Waals surface area (Å²) in [6, 6.07) is 7.21. The molecule has 3 nitrogen and oxygen atoms in total. The number of unbranched alkanes of at least 4 members (excludes halogenated alkanes) is 2. The molecule has 0 aliphatic rings. The lowest BCUT2D eigenvalue weighted by Crippen LogP contribution is -2.24. The van der Waals surface area contributed by atoms with Crippen LogP contribution in [0.4, 0.5) is 0 Å². The lowest BCUT2D eigenvalue weighted by atomic mass is 10.2. The highest BCUT2D eigenvalue weighted by atomic mass is 79.9. The third-order valence-corrected chi connectivity index (χ3v) is 3.00. The van der Waals surface area contributed by atoms with E-state index in [2.05, 4.69) is 27.3 Å². The highest BCUT2D eigenvalue weighted by Gasteiger charge is 2.09. The van der Waals surface area contributed by atoms with Gasteiger partial charge in [-0.1, -0.05) is 27.5 Å². The van der Waals surface area contributed by atoms with Crippen LogP contribution in [0.1, 0.15) is 29.6 Å². The zero-order valence-electron chi connectivity index (χ0n) is 9.17. The first-order valence-corrected chi connectivity index (χ1v) is 6.42. The van der Waals surface area contributed by atoms with E-state index in [1.54, 1.807) is 18.2 Å². The van der Waals surface area contributed by atoms with Gasteiger partial charge in [0.1, 0.15) is 0 Å². The van der Waals surface area contributed by atoms with Gasteiger partial charge in [-0.05, 0) is 31.0 Å². The summed E-state index contributed by atoms with van der Waals surface area (Å²) in [6.07, 6.45) is 2.11. The first-order valence-electron chi connectivity index (χ1n) is 5.25. The van der Waals surface area contributed by atoms with Gasteiger partial charge >= 0.3 is 0 Å². The number of benzene rings is 1. The maximum atomic E-state index is 11.8. The zero-order chi connectivity index (χ0) is 12.7. The number of hydrogen-bond donors (Lipinski definition) is 1. The van der Waals surface area contributed by atoms with Crippen molar-refractivity contribution < 1.29 is 4.79 Å². The minimum atomic E-state index is -0.187. The number of amides is 1. The topological polar surface area (TPSA) is 52.9 Å². The second-order valence-electron chi connectivity index (χ2n) is 3.50. The van der Waals surface area contributed by atoms with Gasteiger partial charge in [-0.2, -0.15) is 5.26 Å². The van der Waals surface area contributed by atoms with Gasteiger partial charge < -0.3 is 5.32 Å². The van der Waals surface area contributed by atoms with Crippen LogP contribution >= 0.6 is 27.5 Å². The van der Waals surface area contributed by atoms with Crippen LogP contribution in [0.15, 0.2) is 22.7 Å². The number of rotatable bonds is 5. The molecule has 1 aromatic carbocycles. The molecule has 90 valence electrons. The molecule has 1 N–H and O–H groups in total. The third kappa shape index (κ3) is 4.76. The normalized spacial score (nSPS) is 9.71. The van der Waals surface area contributed by atoms with E-state index in [1.165, 1.54) is 0 Å². The van der Waals surface area contributed by atoms with Crippen LogP contribution < -0.4 is 5.32 Å². The number of hydrogen-bond acceptors (Lipinski definition) is 2. The Hall–Kier alpha value is -1.05. The second-order valence-corrected chi connectivity index (χ2v) is 4.82. The van der Waals surface area contributed by atoms with E-state index in [0.717, 1.165) is 17.3 Å². The quantitative estimate of drug-likeness (QED) is 0.845. The molecule has 0 aromatic heterocycles. The number of nitrogens with zero attached hydrogens (tertiary/aromatic N) is 1. The molecule has 0 aliphatic heterocycles. The summed E-state index contributed by atoms with van der Waals surface area (Å²) < 4.78 is 0.816. The molecule has 1 rings (SSSR count). The van der Waals surface area contributed by atoms with E-state index in [-0.39, 0.29) is 5.91 Å². The summed E-state index contributed by atoms with van der Waals surface area (Å²) in [6.45, 7) is 0.559. The van der Waals surface area contributed by atoms with E-state index in [4.69, 9.17) is 16.9 Å². The van der Waals surface area contributed by atoms with Gasteiger partial charge in [-0.25, -0.2) is 0 Å². The van der Waals surface area contributed by atoms with Crippen LogP contribution in [0.25, 0.3) is 0 Å². The minimum absolute atomic E-state index is 0.187. The van der Waals surface area contributed by atoms with Crippen LogP contribution in [0.3, 0.4) is 0 Å². The fourth-order valence-corrected chi connectivity index (χ4v) is 1.86. The smallest absolute Gasteiger partial charge is 0.252 e. The third-order valence-electron chi connectivity index (χ3n) is 2.17. The number of carbonyl (C=O) groups is 1. The van der Waals surface area contributed by atoms with Gasteiger partial charge in [0.05, 0.1) is 16.7 Å². The molecule has 5 heteroatoms. The molecule has 0 bridgehead atoms. The number of halogens is 2. The van der Waals surface area contributed by atoms with Crippen molar-refractivity contribution in [3.8, 4) is 6.07 Å². The number of carbonyl (C=O) groups excluding carboxylic acids is 1. The van der Waals surface area contributed by atoms with E-state index >= 15 is 0 Å². The Morgan fingerprint density at radius 1 is 1.47 bits per heavy atom. The maximum absolute atomic E-state index is 11.8. The molecule has 1 aromatic rings. The van der Waals surface area contributed by atoms with Crippen molar-refractivity contribution >= 4 is 33.4 Å². The summed E-state index contributed by atoms with van der Waals surface area (Å²) in [4.78, 5) is 11.8. The van der Waals surface area contributed by atoms with Crippen LogP contribution in [-0.2, 0) is 0 Å². The van der Waals surface area contributed by atoms with Crippen molar-refractivity contribution in [1.82, 2.24) is 5.32 Å². The molecular formula is C12H12BrClN2O. The van der Waals surface area contributed by atoms with E-state index in [9.17, 15) is 4.79 Å². The SMILES string of the molecule is N#CCCCCNC(=O)c1cc(Br)ccc1Cl. The fourth-order valence-electron chi connectivity index (χ4n) is 1.30. The van der Waals surface area contributed by atoms with Crippen molar-refractivity contribution in [1.29, 1.82) is 5.26 Å². The van der Waals surface area contributed by atoms with Crippen molar-refractivity contribution in [2.45, 2.75) is 19.3 Å². The molecule has 0 heterocycles. The maximum Gasteiger partial charge on any atom is 0.252 e. The average molecular weight is 316 g/mol. The van der Waals surface area contributed by atoms with Gasteiger partial charge in [-0.3, -0.25) is 4.79 Å². The Morgan fingerprint density at radius 3 is 2.94 bits per heavy atom. The lowest BCUT2D eigenvalue weighted by molar-refractivity contribution is 0.0953. The molecule has 0 spiro atoms. The molecule has 1 amide bonds. The average Bonchev–Trinajstić information content (AvgIpc) is 2.32. The van der Waals surface area contributed by atoms with Gasteiger partial charge in [0, 0.05) is 17.4 Å². The summed E-state index contributed by atoms with van der Waals surface area (Å²) >= 11 is 9.22. The van der Waals surface area contributed by atoms with Crippen LogP contribution in [0.2, 0.25) is 5.02 Å².